The molecule has 1 heterocycles. The number of carboxylic acids is 1. The van der Waals surface area contributed by atoms with E-state index < -0.39 is 5.97 Å². The number of carboxylic acid groups (broad SMARTS) is 1. The van der Waals surface area contributed by atoms with Gasteiger partial charge in [0.1, 0.15) is 5.56 Å². The Morgan fingerprint density at radius 2 is 2.31 bits per heavy atom. The number of carbonyl (C=O) groups is 1. The monoisotopic (exact) mass is 220 g/mol. The van der Waals surface area contributed by atoms with E-state index in [1.807, 2.05) is 6.92 Å². The number of rotatable bonds is 5. The number of anilines is 1. The number of aromatic nitrogens is 1. The summed E-state index contributed by atoms with van der Waals surface area (Å²) in [5, 5.41) is 12.2. The van der Waals surface area contributed by atoms with Gasteiger partial charge < -0.3 is 10.4 Å². The van der Waals surface area contributed by atoms with Crippen molar-refractivity contribution < 1.29 is 9.90 Å². The number of hydrogen-bond donors (Lipinski definition) is 2. The van der Waals surface area contributed by atoms with E-state index in [0.717, 1.165) is 12.1 Å². The van der Waals surface area contributed by atoms with Crippen molar-refractivity contribution in [3.8, 4) is 0 Å². The maximum atomic E-state index is 11.1. The highest BCUT2D eigenvalue weighted by Gasteiger charge is 2.14. The van der Waals surface area contributed by atoms with Gasteiger partial charge in [0.15, 0.2) is 0 Å². The molecule has 0 aliphatic carbocycles. The molecular formula is C12H16N2O2. The van der Waals surface area contributed by atoms with Gasteiger partial charge in [-0.15, -0.1) is 6.58 Å². The summed E-state index contributed by atoms with van der Waals surface area (Å²) in [7, 11) is 0. The molecular weight excluding hydrogens is 204 g/mol. The van der Waals surface area contributed by atoms with Gasteiger partial charge in [-0.25, -0.2) is 4.79 Å². The second-order valence-corrected chi connectivity index (χ2v) is 3.58. The second-order valence-electron chi connectivity index (χ2n) is 3.58. The molecule has 0 atom stereocenters. The minimum absolute atomic E-state index is 0.245. The van der Waals surface area contributed by atoms with Gasteiger partial charge in [-0.1, -0.05) is 6.08 Å². The number of aromatic carboxylic acids is 1. The van der Waals surface area contributed by atoms with Crippen molar-refractivity contribution in [2.75, 3.05) is 11.9 Å². The molecule has 16 heavy (non-hydrogen) atoms. The molecule has 0 unspecified atom stereocenters. The van der Waals surface area contributed by atoms with Crippen molar-refractivity contribution in [3.63, 3.8) is 0 Å². The summed E-state index contributed by atoms with van der Waals surface area (Å²) in [6, 6.07) is 1.75. The van der Waals surface area contributed by atoms with E-state index >= 15 is 0 Å². The Morgan fingerprint density at radius 3 is 2.88 bits per heavy atom. The van der Waals surface area contributed by atoms with Gasteiger partial charge in [0.2, 0.25) is 0 Å². The van der Waals surface area contributed by atoms with Crippen LogP contribution in [0.3, 0.4) is 0 Å². The molecule has 0 saturated carbocycles. The van der Waals surface area contributed by atoms with Crippen molar-refractivity contribution in [3.05, 3.63) is 35.7 Å². The first-order chi connectivity index (χ1) is 7.56. The van der Waals surface area contributed by atoms with Crippen molar-refractivity contribution in [1.29, 1.82) is 0 Å². The summed E-state index contributed by atoms with van der Waals surface area (Å²) < 4.78 is 0. The lowest BCUT2D eigenvalue weighted by atomic mass is 10.1. The molecule has 0 radical (unpaired) electrons. The minimum Gasteiger partial charge on any atom is -0.478 e. The molecule has 0 spiro atoms. The maximum absolute atomic E-state index is 11.1. The molecule has 2 N–H and O–H groups in total. The number of nitrogens with zero attached hydrogens (tertiary/aromatic N) is 1. The largest absolute Gasteiger partial charge is 0.478 e. The van der Waals surface area contributed by atoms with Crippen LogP contribution >= 0.6 is 0 Å². The third-order valence-corrected chi connectivity index (χ3v) is 2.21. The summed E-state index contributed by atoms with van der Waals surface area (Å²) in [5.41, 5.74) is 2.21. The lowest BCUT2D eigenvalue weighted by Crippen LogP contribution is -2.11. The van der Waals surface area contributed by atoms with Crippen LogP contribution in [0, 0.1) is 13.8 Å². The summed E-state index contributed by atoms with van der Waals surface area (Å²) in [6.07, 6.45) is 2.58. The summed E-state index contributed by atoms with van der Waals surface area (Å²) >= 11 is 0. The second kappa shape index (κ2) is 5.30. The standard InChI is InChI=1S/C12H16N2O2/c1-4-5-6-13-10-7-8(2)14-9(3)11(10)12(15)16/h4,7H,1,5-6H2,2-3H3,(H,13,14)(H,15,16). The molecule has 4 nitrogen and oxygen atoms in total. The number of aryl methyl sites for hydroxylation is 2. The molecule has 0 aromatic carbocycles. The van der Waals surface area contributed by atoms with Gasteiger partial charge in [-0.3, -0.25) is 4.98 Å². The van der Waals surface area contributed by atoms with Crippen molar-refractivity contribution in [2.45, 2.75) is 20.3 Å². The fourth-order valence-corrected chi connectivity index (χ4v) is 1.55. The van der Waals surface area contributed by atoms with E-state index in [-0.39, 0.29) is 5.56 Å². The fraction of sp³-hybridized carbons (Fsp3) is 0.333. The Labute approximate surface area is 95.0 Å². The summed E-state index contributed by atoms with van der Waals surface area (Å²) in [6.45, 7) is 7.84. The molecule has 1 aromatic heterocycles. The molecule has 0 aliphatic rings. The molecule has 1 rings (SSSR count). The van der Waals surface area contributed by atoms with Crippen LogP contribution in [-0.4, -0.2) is 22.6 Å². The predicted octanol–water partition coefficient (Wildman–Crippen LogP) is 2.38. The van der Waals surface area contributed by atoms with Gasteiger partial charge in [-0.05, 0) is 26.3 Å². The Balaban J connectivity index is 3.03. The van der Waals surface area contributed by atoms with Crippen LogP contribution in [0.2, 0.25) is 0 Å². The van der Waals surface area contributed by atoms with Crippen molar-refractivity contribution in [2.24, 2.45) is 0 Å². The van der Waals surface area contributed by atoms with Gasteiger partial charge >= 0.3 is 5.97 Å². The molecule has 0 aliphatic heterocycles. The highest BCUT2D eigenvalue weighted by atomic mass is 16.4. The predicted molar refractivity (Wildman–Crippen MR) is 64.0 cm³/mol. The molecule has 0 fully saturated rings. The molecule has 0 saturated heterocycles. The normalized spacial score (nSPS) is 9.88. The molecule has 0 amide bonds. The third-order valence-electron chi connectivity index (χ3n) is 2.21. The van der Waals surface area contributed by atoms with Crippen LogP contribution in [0.5, 0.6) is 0 Å². The van der Waals surface area contributed by atoms with Gasteiger partial charge in [0.25, 0.3) is 0 Å². The van der Waals surface area contributed by atoms with E-state index in [4.69, 9.17) is 5.11 Å². The Bertz CT molecular complexity index is 414. The highest BCUT2D eigenvalue weighted by Crippen LogP contribution is 2.19. The Kier molecular flexibility index (Phi) is 4.05. The van der Waals surface area contributed by atoms with Crippen LogP contribution in [0.15, 0.2) is 18.7 Å². The molecule has 1 aromatic rings. The van der Waals surface area contributed by atoms with Crippen molar-refractivity contribution >= 4 is 11.7 Å². The maximum Gasteiger partial charge on any atom is 0.339 e. The SMILES string of the molecule is C=CCCNc1cc(C)nc(C)c1C(=O)O. The smallest absolute Gasteiger partial charge is 0.339 e. The van der Waals surface area contributed by atoms with E-state index in [9.17, 15) is 4.79 Å². The number of nitrogens with one attached hydrogen (secondary N) is 1. The highest BCUT2D eigenvalue weighted by molar-refractivity contribution is 5.95. The Hall–Kier alpha value is -1.84. The van der Waals surface area contributed by atoms with E-state index in [1.165, 1.54) is 0 Å². The van der Waals surface area contributed by atoms with Crippen LogP contribution < -0.4 is 5.32 Å². The average Bonchev–Trinajstić information content (AvgIpc) is 2.16. The average molecular weight is 220 g/mol. The zero-order chi connectivity index (χ0) is 12.1. The van der Waals surface area contributed by atoms with Crippen LogP contribution in [-0.2, 0) is 0 Å². The third kappa shape index (κ3) is 2.82. The van der Waals surface area contributed by atoms with Gasteiger partial charge in [-0.2, -0.15) is 0 Å². The minimum atomic E-state index is -0.953. The van der Waals surface area contributed by atoms with Crippen molar-refractivity contribution in [1.82, 2.24) is 4.98 Å². The lowest BCUT2D eigenvalue weighted by Gasteiger charge is -2.11. The van der Waals surface area contributed by atoms with E-state index in [1.54, 1.807) is 19.1 Å². The lowest BCUT2D eigenvalue weighted by molar-refractivity contribution is 0.0696. The number of hydrogen-bond acceptors (Lipinski definition) is 3. The topological polar surface area (TPSA) is 62.2 Å². The fourth-order valence-electron chi connectivity index (χ4n) is 1.55. The summed E-state index contributed by atoms with van der Waals surface area (Å²) in [4.78, 5) is 15.2. The van der Waals surface area contributed by atoms with Crippen LogP contribution in [0.25, 0.3) is 0 Å². The number of pyridine rings is 1. The quantitative estimate of drug-likeness (QED) is 0.590. The first kappa shape index (κ1) is 12.2. The van der Waals surface area contributed by atoms with E-state index in [2.05, 4.69) is 16.9 Å². The van der Waals surface area contributed by atoms with Crippen LogP contribution in [0.1, 0.15) is 28.2 Å². The van der Waals surface area contributed by atoms with Gasteiger partial charge in [0.05, 0.1) is 11.4 Å². The molecule has 4 heteroatoms. The first-order valence-corrected chi connectivity index (χ1v) is 5.12. The molecule has 0 bridgehead atoms. The Morgan fingerprint density at radius 1 is 1.62 bits per heavy atom. The van der Waals surface area contributed by atoms with E-state index in [0.29, 0.717) is 17.9 Å². The van der Waals surface area contributed by atoms with Gasteiger partial charge in [0, 0.05) is 12.2 Å². The zero-order valence-electron chi connectivity index (χ0n) is 9.58. The first-order valence-electron chi connectivity index (χ1n) is 5.12. The van der Waals surface area contributed by atoms with Crippen LogP contribution in [0.4, 0.5) is 5.69 Å². The molecule has 86 valence electrons. The zero-order valence-corrected chi connectivity index (χ0v) is 9.58. The summed E-state index contributed by atoms with van der Waals surface area (Å²) in [5.74, 6) is -0.953.